The Morgan fingerprint density at radius 2 is 1.45 bits per heavy atom. The Kier molecular flexibility index (Phi) is 19.4. The van der Waals surface area contributed by atoms with Gasteiger partial charge in [-0.25, -0.2) is 4.39 Å². The van der Waals surface area contributed by atoms with Crippen molar-refractivity contribution in [1.82, 2.24) is 0 Å². The minimum Gasteiger partial charge on any atom is -0.463 e. The Bertz CT molecular complexity index is 508. The standard InChI is InChI=1S/C23H44FO6P/c1-3-4-5-6-7-8-9-10-11-12-13-14-15-16-17-18-23(25)30-20-21(29-2)19-22(24)31(26,27)28/h10-11,21-22H,3-9,12-20H2,1-2H3,(H2,26,27,28). The molecule has 0 aromatic rings. The molecule has 31 heavy (non-hydrogen) atoms. The molecule has 2 N–H and O–H groups in total. The average Bonchev–Trinajstić information content (AvgIpc) is 2.72. The first-order valence-corrected chi connectivity index (χ1v) is 13.5. The molecular weight excluding hydrogens is 422 g/mol. The van der Waals surface area contributed by atoms with Crippen LogP contribution in [-0.2, 0) is 18.8 Å². The lowest BCUT2D eigenvalue weighted by atomic mass is 10.1. The zero-order valence-corrected chi connectivity index (χ0v) is 20.4. The van der Waals surface area contributed by atoms with Crippen molar-refractivity contribution in [1.29, 1.82) is 0 Å². The van der Waals surface area contributed by atoms with Gasteiger partial charge in [0.2, 0.25) is 5.91 Å². The number of hydrogen-bond acceptors (Lipinski definition) is 4. The molecule has 0 aromatic carbocycles. The van der Waals surface area contributed by atoms with Crippen LogP contribution in [0.2, 0.25) is 0 Å². The first-order valence-electron chi connectivity index (χ1n) is 11.8. The summed E-state index contributed by atoms with van der Waals surface area (Å²) in [4.78, 5) is 29.3. The van der Waals surface area contributed by atoms with Crippen LogP contribution in [0.3, 0.4) is 0 Å². The summed E-state index contributed by atoms with van der Waals surface area (Å²) in [6, 6.07) is 0. The third kappa shape index (κ3) is 19.6. The highest BCUT2D eigenvalue weighted by atomic mass is 31.2. The fourth-order valence-electron chi connectivity index (χ4n) is 3.18. The summed E-state index contributed by atoms with van der Waals surface area (Å²) in [5, 5.41) is 0. The third-order valence-electron chi connectivity index (χ3n) is 5.23. The van der Waals surface area contributed by atoms with Crippen LogP contribution >= 0.6 is 7.60 Å². The highest BCUT2D eigenvalue weighted by Gasteiger charge is 2.31. The third-order valence-corrected chi connectivity index (χ3v) is 6.17. The summed E-state index contributed by atoms with van der Waals surface area (Å²) in [5.41, 5.74) is 0. The van der Waals surface area contributed by atoms with Gasteiger partial charge in [-0.3, -0.25) is 9.36 Å². The van der Waals surface area contributed by atoms with Crippen LogP contribution < -0.4 is 0 Å². The number of esters is 1. The van der Waals surface area contributed by atoms with Crippen molar-refractivity contribution in [3.63, 3.8) is 0 Å². The van der Waals surface area contributed by atoms with Gasteiger partial charge in [0.05, 0.1) is 6.10 Å². The predicted octanol–water partition coefficient (Wildman–Crippen LogP) is 6.45. The Labute approximate surface area is 188 Å². The number of allylic oxidation sites excluding steroid dienone is 2. The zero-order valence-electron chi connectivity index (χ0n) is 19.5. The van der Waals surface area contributed by atoms with E-state index in [9.17, 15) is 13.8 Å². The largest absolute Gasteiger partial charge is 0.463 e. The number of carbonyl (C=O) groups excluding carboxylic acids is 1. The van der Waals surface area contributed by atoms with Crippen molar-refractivity contribution in [3.05, 3.63) is 12.2 Å². The van der Waals surface area contributed by atoms with Crippen molar-refractivity contribution in [3.8, 4) is 0 Å². The van der Waals surface area contributed by atoms with E-state index in [4.69, 9.17) is 19.3 Å². The second-order valence-electron chi connectivity index (χ2n) is 8.13. The number of ether oxygens (including phenoxy) is 2. The number of methoxy groups -OCH3 is 1. The molecule has 0 aliphatic heterocycles. The van der Waals surface area contributed by atoms with Gasteiger partial charge >= 0.3 is 13.6 Å². The lowest BCUT2D eigenvalue weighted by Crippen LogP contribution is -2.24. The van der Waals surface area contributed by atoms with Crippen LogP contribution in [-0.4, -0.2) is 41.5 Å². The van der Waals surface area contributed by atoms with E-state index in [1.165, 1.54) is 52.1 Å². The lowest BCUT2D eigenvalue weighted by molar-refractivity contribution is -0.147. The second-order valence-corrected chi connectivity index (χ2v) is 9.87. The fourth-order valence-corrected chi connectivity index (χ4v) is 3.69. The minimum absolute atomic E-state index is 0.208. The second kappa shape index (κ2) is 19.9. The normalized spacial score (nSPS) is 14.1. The van der Waals surface area contributed by atoms with Crippen LogP contribution in [0.15, 0.2) is 12.2 Å². The van der Waals surface area contributed by atoms with Gasteiger partial charge < -0.3 is 19.3 Å². The molecule has 2 unspecified atom stereocenters. The van der Waals surface area contributed by atoms with Crippen molar-refractivity contribution < 1.29 is 33.0 Å². The van der Waals surface area contributed by atoms with E-state index in [1.54, 1.807) is 0 Å². The van der Waals surface area contributed by atoms with E-state index < -0.39 is 32.0 Å². The van der Waals surface area contributed by atoms with Gasteiger partial charge in [-0.2, -0.15) is 0 Å². The number of unbranched alkanes of at least 4 members (excludes halogenated alkanes) is 11. The van der Waals surface area contributed by atoms with E-state index in [0.717, 1.165) is 38.5 Å². The van der Waals surface area contributed by atoms with E-state index in [2.05, 4.69) is 19.1 Å². The SMILES string of the molecule is CCCCCCCCC=CCCCCCCCC(=O)OCC(CC(F)P(=O)(O)O)OC. The quantitative estimate of drug-likeness (QED) is 0.0874. The fraction of sp³-hybridized carbons (Fsp3) is 0.870. The van der Waals surface area contributed by atoms with Gasteiger partial charge in [-0.15, -0.1) is 0 Å². The Morgan fingerprint density at radius 3 is 1.97 bits per heavy atom. The maximum atomic E-state index is 13.4. The van der Waals surface area contributed by atoms with Gasteiger partial charge in [0.1, 0.15) is 6.61 Å². The molecule has 8 heteroatoms. The van der Waals surface area contributed by atoms with Gasteiger partial charge in [-0.1, -0.05) is 70.4 Å². The summed E-state index contributed by atoms with van der Waals surface area (Å²) in [6.45, 7) is 2.03. The van der Waals surface area contributed by atoms with Gasteiger partial charge in [0.25, 0.3) is 0 Å². The number of hydrogen-bond donors (Lipinski definition) is 2. The molecule has 0 radical (unpaired) electrons. The molecule has 0 aliphatic carbocycles. The van der Waals surface area contributed by atoms with Crippen molar-refractivity contribution in [2.45, 2.75) is 115 Å². The molecule has 0 heterocycles. The van der Waals surface area contributed by atoms with Crippen molar-refractivity contribution in [2.24, 2.45) is 0 Å². The highest BCUT2D eigenvalue weighted by Crippen LogP contribution is 2.44. The van der Waals surface area contributed by atoms with Crippen LogP contribution in [0.25, 0.3) is 0 Å². The molecule has 0 saturated carbocycles. The first-order chi connectivity index (χ1) is 14.8. The van der Waals surface area contributed by atoms with E-state index in [0.29, 0.717) is 0 Å². The van der Waals surface area contributed by atoms with Crippen LogP contribution in [0.1, 0.15) is 103 Å². The number of alkyl halides is 1. The zero-order chi connectivity index (χ0) is 23.4. The molecule has 0 spiro atoms. The molecule has 0 aliphatic rings. The maximum Gasteiger partial charge on any atom is 0.359 e. The average molecular weight is 467 g/mol. The number of carbonyl (C=O) groups is 1. The number of halogens is 1. The van der Waals surface area contributed by atoms with E-state index >= 15 is 0 Å². The minimum atomic E-state index is -4.81. The predicted molar refractivity (Wildman–Crippen MR) is 123 cm³/mol. The summed E-state index contributed by atoms with van der Waals surface area (Å²) in [7, 11) is -3.52. The van der Waals surface area contributed by atoms with Crippen LogP contribution in [0.5, 0.6) is 0 Å². The number of rotatable bonds is 21. The molecule has 0 saturated heterocycles. The van der Waals surface area contributed by atoms with Crippen molar-refractivity contribution in [2.75, 3.05) is 13.7 Å². The first kappa shape index (κ1) is 30.2. The molecule has 0 fully saturated rings. The summed E-state index contributed by atoms with van der Waals surface area (Å²) in [6.07, 6.45) is 18.8. The lowest BCUT2D eigenvalue weighted by Gasteiger charge is -2.18. The topological polar surface area (TPSA) is 93.1 Å². The van der Waals surface area contributed by atoms with E-state index in [1.807, 2.05) is 0 Å². The van der Waals surface area contributed by atoms with Crippen LogP contribution in [0.4, 0.5) is 4.39 Å². The molecule has 6 nitrogen and oxygen atoms in total. The van der Waals surface area contributed by atoms with Crippen LogP contribution in [0, 0.1) is 0 Å². The summed E-state index contributed by atoms with van der Waals surface area (Å²) < 4.78 is 34.2. The molecule has 184 valence electrons. The molecule has 0 bridgehead atoms. The maximum absolute atomic E-state index is 13.4. The molecular formula is C23H44FO6P. The van der Waals surface area contributed by atoms with Gasteiger partial charge in [0, 0.05) is 20.0 Å². The molecule has 0 aromatic heterocycles. The van der Waals surface area contributed by atoms with Gasteiger partial charge in [0.15, 0.2) is 0 Å². The smallest absolute Gasteiger partial charge is 0.359 e. The van der Waals surface area contributed by atoms with Crippen molar-refractivity contribution >= 4 is 13.6 Å². The molecule has 0 rings (SSSR count). The summed E-state index contributed by atoms with van der Waals surface area (Å²) >= 11 is 0. The Balaban J connectivity index is 3.57. The van der Waals surface area contributed by atoms with E-state index in [-0.39, 0.29) is 13.0 Å². The Morgan fingerprint density at radius 1 is 0.935 bits per heavy atom. The molecule has 2 atom stereocenters. The summed E-state index contributed by atoms with van der Waals surface area (Å²) in [5.74, 6) is -2.71. The highest BCUT2D eigenvalue weighted by molar-refractivity contribution is 7.52. The Hall–Kier alpha value is -0.750. The van der Waals surface area contributed by atoms with Gasteiger partial charge in [-0.05, 0) is 32.1 Å². The monoisotopic (exact) mass is 466 g/mol. The molecule has 0 amide bonds.